The molecule has 5 heteroatoms. The van der Waals surface area contributed by atoms with Crippen LogP contribution in [0.15, 0.2) is 24.5 Å². The first-order chi connectivity index (χ1) is 7.79. The number of rotatable bonds is 1. The number of ether oxygens (including phenoxy) is 3. The molecule has 0 saturated heterocycles. The van der Waals surface area contributed by atoms with Crippen molar-refractivity contribution in [3.8, 4) is 17.2 Å². The molecule has 2 aromatic rings. The SMILES string of the molecule is COc1c2c(cc3cc[n+](C)cc13)OCO2.[Cl-]. The summed E-state index contributed by atoms with van der Waals surface area (Å²) in [6.45, 7) is 0.258. The van der Waals surface area contributed by atoms with Crippen LogP contribution in [0.1, 0.15) is 0 Å². The molecule has 0 amide bonds. The van der Waals surface area contributed by atoms with Gasteiger partial charge in [-0.2, -0.15) is 0 Å². The molecule has 90 valence electrons. The maximum absolute atomic E-state index is 5.41. The first-order valence-corrected chi connectivity index (χ1v) is 5.05. The van der Waals surface area contributed by atoms with Crippen LogP contribution in [-0.4, -0.2) is 13.9 Å². The van der Waals surface area contributed by atoms with Gasteiger partial charge in [0.05, 0.1) is 12.5 Å². The highest BCUT2D eigenvalue weighted by molar-refractivity contribution is 5.92. The molecule has 1 aromatic heterocycles. The van der Waals surface area contributed by atoms with Crippen LogP contribution in [0.25, 0.3) is 10.8 Å². The van der Waals surface area contributed by atoms with E-state index in [2.05, 4.69) is 0 Å². The zero-order valence-electron chi connectivity index (χ0n) is 9.57. The Kier molecular flexibility index (Phi) is 2.98. The van der Waals surface area contributed by atoms with Crippen LogP contribution in [0.2, 0.25) is 0 Å². The molecule has 1 aliphatic heterocycles. The van der Waals surface area contributed by atoms with Crippen molar-refractivity contribution in [2.75, 3.05) is 13.9 Å². The second-order valence-corrected chi connectivity index (χ2v) is 3.76. The first-order valence-electron chi connectivity index (χ1n) is 5.05. The van der Waals surface area contributed by atoms with Crippen LogP contribution >= 0.6 is 0 Å². The molecule has 0 atom stereocenters. The van der Waals surface area contributed by atoms with Crippen molar-refractivity contribution in [2.45, 2.75) is 0 Å². The number of aryl methyl sites for hydroxylation is 1. The van der Waals surface area contributed by atoms with Gasteiger partial charge < -0.3 is 26.6 Å². The minimum Gasteiger partial charge on any atom is -1.00 e. The lowest BCUT2D eigenvalue weighted by Gasteiger charge is -2.07. The van der Waals surface area contributed by atoms with Gasteiger partial charge in [0.2, 0.25) is 12.5 Å². The average Bonchev–Trinajstić information content (AvgIpc) is 2.73. The third kappa shape index (κ3) is 1.74. The molecule has 0 N–H and O–H groups in total. The minimum atomic E-state index is 0. The topological polar surface area (TPSA) is 31.6 Å². The Hall–Kier alpha value is -1.68. The van der Waals surface area contributed by atoms with Crippen LogP contribution in [0.5, 0.6) is 17.2 Å². The number of hydrogen-bond acceptors (Lipinski definition) is 3. The van der Waals surface area contributed by atoms with Gasteiger partial charge in [-0.05, 0) is 6.07 Å². The second kappa shape index (κ2) is 4.30. The Bertz CT molecular complexity index is 571. The highest BCUT2D eigenvalue weighted by Crippen LogP contribution is 2.45. The van der Waals surface area contributed by atoms with Crippen molar-refractivity contribution in [1.29, 1.82) is 0 Å². The van der Waals surface area contributed by atoms with Crippen LogP contribution in [0, 0.1) is 0 Å². The fourth-order valence-electron chi connectivity index (χ4n) is 1.96. The first kappa shape index (κ1) is 11.8. The van der Waals surface area contributed by atoms with E-state index in [-0.39, 0.29) is 19.2 Å². The molecule has 0 aliphatic carbocycles. The summed E-state index contributed by atoms with van der Waals surface area (Å²) in [6.07, 6.45) is 4.00. The van der Waals surface area contributed by atoms with E-state index >= 15 is 0 Å². The molecule has 17 heavy (non-hydrogen) atoms. The lowest BCUT2D eigenvalue weighted by molar-refractivity contribution is -0.670. The van der Waals surface area contributed by atoms with E-state index in [4.69, 9.17) is 14.2 Å². The predicted molar refractivity (Wildman–Crippen MR) is 57.8 cm³/mol. The molecular formula is C12H12ClNO3. The number of hydrogen-bond donors (Lipinski definition) is 0. The molecule has 1 aromatic carbocycles. The van der Waals surface area contributed by atoms with Crippen molar-refractivity contribution < 1.29 is 31.2 Å². The number of fused-ring (bicyclic) bond motifs is 2. The summed E-state index contributed by atoms with van der Waals surface area (Å²) in [5.41, 5.74) is 0. The molecule has 3 rings (SSSR count). The quantitative estimate of drug-likeness (QED) is 0.574. The third-order valence-electron chi connectivity index (χ3n) is 2.72. The molecule has 1 aliphatic rings. The minimum absolute atomic E-state index is 0. The standard InChI is InChI=1S/C12H12NO3.ClH/c1-13-4-3-8-5-10-12(16-7-15-10)11(14-2)9(8)6-13;/h3-6H,7H2,1-2H3;1H/q+1;/p-1. The number of halogens is 1. The molecule has 0 bridgehead atoms. The fraction of sp³-hybridized carbons (Fsp3) is 0.250. The Balaban J connectivity index is 0.00000108. The zero-order valence-corrected chi connectivity index (χ0v) is 10.3. The molecule has 0 spiro atoms. The molecule has 4 nitrogen and oxygen atoms in total. The highest BCUT2D eigenvalue weighted by atomic mass is 35.5. The van der Waals surface area contributed by atoms with Crippen LogP contribution < -0.4 is 31.2 Å². The van der Waals surface area contributed by atoms with E-state index in [0.717, 1.165) is 22.3 Å². The van der Waals surface area contributed by atoms with Crippen LogP contribution in [-0.2, 0) is 7.05 Å². The van der Waals surface area contributed by atoms with Crippen molar-refractivity contribution in [1.82, 2.24) is 0 Å². The largest absolute Gasteiger partial charge is 1.00 e. The van der Waals surface area contributed by atoms with Crippen LogP contribution in [0.3, 0.4) is 0 Å². The molecule has 0 unspecified atom stereocenters. The van der Waals surface area contributed by atoms with Gasteiger partial charge in [0.15, 0.2) is 23.9 Å². The van der Waals surface area contributed by atoms with Gasteiger partial charge in [0.25, 0.3) is 0 Å². The van der Waals surface area contributed by atoms with E-state index < -0.39 is 0 Å². The number of nitrogens with zero attached hydrogens (tertiary/aromatic N) is 1. The summed E-state index contributed by atoms with van der Waals surface area (Å²) in [5.74, 6) is 2.18. The maximum Gasteiger partial charge on any atom is 0.231 e. The van der Waals surface area contributed by atoms with Gasteiger partial charge in [-0.15, -0.1) is 0 Å². The van der Waals surface area contributed by atoms with E-state index in [1.807, 2.05) is 36.1 Å². The van der Waals surface area contributed by atoms with Gasteiger partial charge in [-0.1, -0.05) is 0 Å². The Morgan fingerprint density at radius 3 is 2.94 bits per heavy atom. The average molecular weight is 254 g/mol. The number of aromatic nitrogens is 1. The van der Waals surface area contributed by atoms with Gasteiger partial charge in [-0.25, -0.2) is 4.57 Å². The van der Waals surface area contributed by atoms with Gasteiger partial charge in [0.1, 0.15) is 7.05 Å². The molecule has 0 radical (unpaired) electrons. The normalized spacial score (nSPS) is 12.4. The van der Waals surface area contributed by atoms with Crippen LogP contribution in [0.4, 0.5) is 0 Å². The summed E-state index contributed by atoms with van der Waals surface area (Å²) < 4.78 is 18.2. The lowest BCUT2D eigenvalue weighted by Crippen LogP contribution is -3.00. The Morgan fingerprint density at radius 1 is 1.35 bits per heavy atom. The van der Waals surface area contributed by atoms with Gasteiger partial charge >= 0.3 is 0 Å². The second-order valence-electron chi connectivity index (χ2n) is 3.76. The number of benzene rings is 1. The maximum atomic E-state index is 5.41. The van der Waals surface area contributed by atoms with Gasteiger partial charge in [-0.3, -0.25) is 0 Å². The van der Waals surface area contributed by atoms with E-state index in [1.54, 1.807) is 7.11 Å². The van der Waals surface area contributed by atoms with Crippen molar-refractivity contribution in [2.24, 2.45) is 7.05 Å². The monoisotopic (exact) mass is 253 g/mol. The zero-order chi connectivity index (χ0) is 11.1. The molecule has 0 fully saturated rings. The van der Waals surface area contributed by atoms with Crippen molar-refractivity contribution >= 4 is 10.8 Å². The van der Waals surface area contributed by atoms with E-state index in [9.17, 15) is 0 Å². The fourth-order valence-corrected chi connectivity index (χ4v) is 1.96. The Morgan fingerprint density at radius 2 is 2.18 bits per heavy atom. The highest BCUT2D eigenvalue weighted by Gasteiger charge is 2.22. The lowest BCUT2D eigenvalue weighted by atomic mass is 10.1. The number of pyridine rings is 1. The number of methoxy groups -OCH3 is 1. The molecule has 2 heterocycles. The van der Waals surface area contributed by atoms with Gasteiger partial charge in [0, 0.05) is 11.5 Å². The summed E-state index contributed by atoms with van der Waals surface area (Å²) in [6, 6.07) is 4.00. The molecular weight excluding hydrogens is 242 g/mol. The van der Waals surface area contributed by atoms with Crippen molar-refractivity contribution in [3.05, 3.63) is 24.5 Å². The summed E-state index contributed by atoms with van der Waals surface area (Å²) in [4.78, 5) is 0. The smallest absolute Gasteiger partial charge is 0.231 e. The van der Waals surface area contributed by atoms with E-state index in [1.165, 1.54) is 0 Å². The van der Waals surface area contributed by atoms with Crippen molar-refractivity contribution in [3.63, 3.8) is 0 Å². The Labute approximate surface area is 105 Å². The summed E-state index contributed by atoms with van der Waals surface area (Å²) >= 11 is 0. The molecule has 0 saturated carbocycles. The third-order valence-corrected chi connectivity index (χ3v) is 2.72. The summed E-state index contributed by atoms with van der Waals surface area (Å²) in [7, 11) is 3.62. The predicted octanol–water partition coefficient (Wildman–Crippen LogP) is -1.59. The summed E-state index contributed by atoms with van der Waals surface area (Å²) in [5, 5.41) is 2.11. The van der Waals surface area contributed by atoms with E-state index in [0.29, 0.717) is 5.75 Å².